The number of piperidine rings is 1. The molecule has 0 aliphatic carbocycles. The van der Waals surface area contributed by atoms with Crippen LogP contribution < -0.4 is 10.6 Å². The molecular weight excluding hydrogens is 476 g/mol. The zero-order valence-corrected chi connectivity index (χ0v) is 21.5. The lowest BCUT2D eigenvalue weighted by Gasteiger charge is -2.35. The summed E-state index contributed by atoms with van der Waals surface area (Å²) in [6, 6.07) is 6.01. The van der Waals surface area contributed by atoms with Gasteiger partial charge >= 0.3 is 0 Å². The van der Waals surface area contributed by atoms with E-state index in [9.17, 15) is 4.79 Å². The van der Waals surface area contributed by atoms with Crippen molar-refractivity contribution in [3.63, 3.8) is 0 Å². The minimum Gasteiger partial charge on any atom is -0.373 e. The minimum absolute atomic E-state index is 0.0162. The molecule has 3 aromatic rings. The molecule has 2 aliphatic heterocycles. The smallest absolute Gasteiger partial charge is 0.245 e. The van der Waals surface area contributed by atoms with Crippen molar-refractivity contribution < 1.29 is 9.53 Å². The Hall–Kier alpha value is -3.15. The number of fused-ring (bicyclic) bond motifs is 1. The van der Waals surface area contributed by atoms with Gasteiger partial charge in [0.25, 0.3) is 0 Å². The van der Waals surface area contributed by atoms with Gasteiger partial charge in [0, 0.05) is 51.0 Å². The van der Waals surface area contributed by atoms with Gasteiger partial charge in [-0.2, -0.15) is 4.98 Å². The van der Waals surface area contributed by atoms with Crippen molar-refractivity contribution in [1.82, 2.24) is 29.7 Å². The average molecular weight is 509 g/mol. The Morgan fingerprint density at radius 3 is 2.72 bits per heavy atom. The third-order valence-corrected chi connectivity index (χ3v) is 7.27. The van der Waals surface area contributed by atoms with Gasteiger partial charge in [-0.3, -0.25) is 9.69 Å². The highest BCUT2D eigenvalue weighted by atomic mass is 32.1. The van der Waals surface area contributed by atoms with Crippen LogP contribution in [0.25, 0.3) is 10.3 Å². The van der Waals surface area contributed by atoms with Crippen molar-refractivity contribution in [1.29, 1.82) is 0 Å². The van der Waals surface area contributed by atoms with Crippen molar-refractivity contribution in [2.24, 2.45) is 0 Å². The Balaban J connectivity index is 1.35. The van der Waals surface area contributed by atoms with Crippen LogP contribution in [-0.4, -0.2) is 80.1 Å². The molecule has 2 aliphatic rings. The summed E-state index contributed by atoms with van der Waals surface area (Å²) >= 11 is 1.49. The van der Waals surface area contributed by atoms with Crippen LogP contribution in [0, 0.1) is 0 Å². The van der Waals surface area contributed by atoms with Crippen LogP contribution in [0.4, 0.5) is 16.9 Å². The number of ether oxygens (including phenoxy) is 1. The molecule has 2 saturated heterocycles. The normalized spacial score (nSPS) is 21.4. The highest BCUT2D eigenvalue weighted by Gasteiger charge is 2.24. The maximum Gasteiger partial charge on any atom is 0.245 e. The molecule has 190 valence electrons. The van der Waals surface area contributed by atoms with Gasteiger partial charge in [-0.1, -0.05) is 17.9 Å². The monoisotopic (exact) mass is 508 g/mol. The molecule has 1 amide bonds. The van der Waals surface area contributed by atoms with E-state index in [0.717, 1.165) is 47.1 Å². The molecule has 5 rings (SSSR count). The number of morpholine rings is 1. The fraction of sp³-hybridized carbons (Fsp3) is 0.480. The fourth-order valence-electron chi connectivity index (χ4n) is 4.84. The number of nitrogens with zero attached hydrogens (tertiary/aromatic N) is 6. The van der Waals surface area contributed by atoms with E-state index in [1.54, 1.807) is 6.20 Å². The van der Waals surface area contributed by atoms with Gasteiger partial charge in [0.15, 0.2) is 5.13 Å². The van der Waals surface area contributed by atoms with Crippen LogP contribution in [0.2, 0.25) is 0 Å². The predicted molar refractivity (Wildman–Crippen MR) is 141 cm³/mol. The second-order valence-electron chi connectivity index (χ2n) is 9.44. The number of rotatable bonds is 7. The molecule has 0 aromatic carbocycles. The van der Waals surface area contributed by atoms with Gasteiger partial charge in [-0.05, 0) is 44.9 Å². The van der Waals surface area contributed by atoms with Gasteiger partial charge in [0.1, 0.15) is 16.2 Å². The molecule has 2 atom stereocenters. The Labute approximate surface area is 214 Å². The Morgan fingerprint density at radius 1 is 1.22 bits per heavy atom. The third kappa shape index (κ3) is 5.97. The standard InChI is InChI=1S/C25H32N8O2S/c1-4-22(34)33-10-7-18(8-11-33)27-24-28-19(15-32-13-16(2)35-17(3)14-32)12-21(30-24)31-25-29-20-6-5-9-26-23(20)36-25/h4-6,9,12,16-18H,1,7-8,10-11,13-15H2,2-3H3,(H2,27,28,29,30,31). The average Bonchev–Trinajstić information content (AvgIpc) is 3.25. The first-order chi connectivity index (χ1) is 17.4. The summed E-state index contributed by atoms with van der Waals surface area (Å²) in [4.78, 5) is 35.7. The highest BCUT2D eigenvalue weighted by molar-refractivity contribution is 7.21. The Bertz CT molecular complexity index is 1180. The number of thiazole rings is 1. The van der Waals surface area contributed by atoms with Crippen LogP contribution in [0.15, 0.2) is 37.1 Å². The molecule has 11 heteroatoms. The fourth-order valence-corrected chi connectivity index (χ4v) is 5.65. The molecule has 2 fully saturated rings. The molecule has 36 heavy (non-hydrogen) atoms. The number of pyridine rings is 1. The summed E-state index contributed by atoms with van der Waals surface area (Å²) in [7, 11) is 0. The van der Waals surface area contributed by atoms with E-state index in [1.807, 2.05) is 23.1 Å². The molecule has 3 aromatic heterocycles. The van der Waals surface area contributed by atoms with E-state index >= 15 is 0 Å². The van der Waals surface area contributed by atoms with Crippen molar-refractivity contribution >= 4 is 44.5 Å². The van der Waals surface area contributed by atoms with Crippen molar-refractivity contribution in [3.8, 4) is 0 Å². The first kappa shape index (κ1) is 24.5. The quantitative estimate of drug-likeness (QED) is 0.464. The molecule has 5 heterocycles. The highest BCUT2D eigenvalue weighted by Crippen LogP contribution is 2.27. The van der Waals surface area contributed by atoms with Crippen molar-refractivity contribution in [3.05, 3.63) is 42.7 Å². The van der Waals surface area contributed by atoms with Gasteiger partial charge in [-0.25, -0.2) is 15.0 Å². The number of carbonyl (C=O) groups is 1. The van der Waals surface area contributed by atoms with E-state index in [1.165, 1.54) is 17.4 Å². The Kier molecular flexibility index (Phi) is 7.40. The molecule has 0 spiro atoms. The van der Waals surface area contributed by atoms with E-state index < -0.39 is 0 Å². The molecule has 2 N–H and O–H groups in total. The third-order valence-electron chi connectivity index (χ3n) is 6.38. The SMILES string of the molecule is C=CC(=O)N1CCC(Nc2nc(CN3CC(C)OC(C)C3)cc(Nc3nc4cccnc4s3)n2)CC1. The lowest BCUT2D eigenvalue weighted by Crippen LogP contribution is -2.45. The van der Waals surface area contributed by atoms with E-state index in [0.29, 0.717) is 31.4 Å². The second-order valence-corrected chi connectivity index (χ2v) is 10.4. The van der Waals surface area contributed by atoms with Gasteiger partial charge in [0.05, 0.1) is 17.9 Å². The first-order valence-electron chi connectivity index (χ1n) is 12.4. The summed E-state index contributed by atoms with van der Waals surface area (Å²) in [5.74, 6) is 1.25. The number of likely N-dealkylation sites (tertiary alicyclic amines) is 1. The van der Waals surface area contributed by atoms with E-state index in [4.69, 9.17) is 14.7 Å². The molecule has 10 nitrogen and oxygen atoms in total. The largest absolute Gasteiger partial charge is 0.373 e. The van der Waals surface area contributed by atoms with Crippen molar-refractivity contribution in [2.75, 3.05) is 36.8 Å². The van der Waals surface area contributed by atoms with Crippen LogP contribution >= 0.6 is 11.3 Å². The number of anilines is 3. The van der Waals surface area contributed by atoms with Gasteiger partial charge in [0.2, 0.25) is 11.9 Å². The zero-order chi connectivity index (χ0) is 25.1. The maximum atomic E-state index is 11.9. The number of hydrogen-bond acceptors (Lipinski definition) is 10. The number of hydrogen-bond donors (Lipinski definition) is 2. The summed E-state index contributed by atoms with van der Waals surface area (Å²) in [5.41, 5.74) is 1.78. The lowest BCUT2D eigenvalue weighted by atomic mass is 10.1. The van der Waals surface area contributed by atoms with Gasteiger partial charge in [-0.15, -0.1) is 0 Å². The van der Waals surface area contributed by atoms with E-state index in [-0.39, 0.29) is 24.2 Å². The number of amides is 1. The van der Waals surface area contributed by atoms with E-state index in [2.05, 4.69) is 45.9 Å². The topological polar surface area (TPSA) is 108 Å². The summed E-state index contributed by atoms with van der Waals surface area (Å²) in [6.45, 7) is 11.6. The van der Waals surface area contributed by atoms with Crippen LogP contribution in [0.5, 0.6) is 0 Å². The molecule has 0 radical (unpaired) electrons. The Morgan fingerprint density at radius 2 is 2.00 bits per heavy atom. The number of nitrogens with one attached hydrogen (secondary N) is 2. The van der Waals surface area contributed by atoms with Crippen LogP contribution in [0.3, 0.4) is 0 Å². The zero-order valence-electron chi connectivity index (χ0n) is 20.7. The second kappa shape index (κ2) is 10.9. The lowest BCUT2D eigenvalue weighted by molar-refractivity contribution is -0.126. The first-order valence-corrected chi connectivity index (χ1v) is 13.2. The molecule has 2 unspecified atom stereocenters. The summed E-state index contributed by atoms with van der Waals surface area (Å²) in [6.07, 6.45) is 5.18. The van der Waals surface area contributed by atoms with Gasteiger partial charge < -0.3 is 20.3 Å². The summed E-state index contributed by atoms with van der Waals surface area (Å²) < 4.78 is 5.90. The predicted octanol–water partition coefficient (Wildman–Crippen LogP) is 3.42. The van der Waals surface area contributed by atoms with Crippen LogP contribution in [0.1, 0.15) is 32.4 Å². The molecular formula is C25H32N8O2S. The van der Waals surface area contributed by atoms with Crippen LogP contribution in [-0.2, 0) is 16.1 Å². The number of aromatic nitrogens is 4. The number of carbonyl (C=O) groups excluding carboxylic acids is 1. The maximum absolute atomic E-state index is 11.9. The van der Waals surface area contributed by atoms with Crippen molar-refractivity contribution in [2.45, 2.75) is 51.5 Å². The summed E-state index contributed by atoms with van der Waals surface area (Å²) in [5, 5.41) is 7.61. The molecule has 0 saturated carbocycles. The minimum atomic E-state index is -0.0162. The molecule has 0 bridgehead atoms.